The number of hydrogen-bond acceptors (Lipinski definition) is 5. The summed E-state index contributed by atoms with van der Waals surface area (Å²) in [6, 6.07) is 9.56. The van der Waals surface area contributed by atoms with Crippen LogP contribution in [-0.2, 0) is 30.9 Å². The van der Waals surface area contributed by atoms with Gasteiger partial charge in [0, 0.05) is 30.3 Å². The second kappa shape index (κ2) is 10.1. The highest BCUT2D eigenvalue weighted by atomic mass is 32.2. The molecule has 1 aliphatic rings. The first-order valence-electron chi connectivity index (χ1n) is 12.3. The van der Waals surface area contributed by atoms with Crippen molar-refractivity contribution in [3.63, 3.8) is 0 Å². The standard InChI is InChI=1S/C27H40N2O5S2/c1-19-11-13-21(14-12-19)35(30,31)28-18-20-10-9-15-29(20)36(32,33)22-16-23(26(2,3)4)25(34-8)24(17-22)27(5,6)7/h11-14,16-17,20,28H,9-10,15,18H2,1-8H3/t20-/m0/s1. The minimum absolute atomic E-state index is 0.0177. The molecule has 7 nitrogen and oxygen atoms in total. The zero-order chi connectivity index (χ0) is 27.1. The van der Waals surface area contributed by atoms with Gasteiger partial charge in [-0.2, -0.15) is 4.31 Å². The molecule has 0 amide bonds. The van der Waals surface area contributed by atoms with Crippen LogP contribution in [0, 0.1) is 6.92 Å². The maximum atomic E-state index is 13.9. The molecule has 1 aliphatic heterocycles. The minimum Gasteiger partial charge on any atom is -0.496 e. The molecule has 36 heavy (non-hydrogen) atoms. The third-order valence-electron chi connectivity index (χ3n) is 6.65. The number of methoxy groups -OCH3 is 1. The summed E-state index contributed by atoms with van der Waals surface area (Å²) < 4.78 is 63.4. The van der Waals surface area contributed by atoms with Gasteiger partial charge in [0.05, 0.1) is 16.9 Å². The van der Waals surface area contributed by atoms with E-state index in [1.165, 1.54) is 4.31 Å². The first kappa shape index (κ1) is 28.6. The summed E-state index contributed by atoms with van der Waals surface area (Å²) in [5.74, 6) is 0.706. The maximum absolute atomic E-state index is 13.9. The van der Waals surface area contributed by atoms with E-state index in [0.29, 0.717) is 25.1 Å². The lowest BCUT2D eigenvalue weighted by Crippen LogP contribution is -2.43. The predicted octanol–water partition coefficient (Wildman–Crippen LogP) is 4.73. The van der Waals surface area contributed by atoms with Gasteiger partial charge in [-0.25, -0.2) is 21.6 Å². The molecular formula is C27H40N2O5S2. The fourth-order valence-electron chi connectivity index (χ4n) is 4.56. The molecule has 1 heterocycles. The summed E-state index contributed by atoms with van der Waals surface area (Å²) in [5.41, 5.74) is 1.93. The summed E-state index contributed by atoms with van der Waals surface area (Å²) in [6.45, 7) is 14.5. The van der Waals surface area contributed by atoms with Gasteiger partial charge < -0.3 is 4.74 Å². The summed E-state index contributed by atoms with van der Waals surface area (Å²) in [7, 11) is -6.00. The van der Waals surface area contributed by atoms with Gasteiger partial charge in [-0.05, 0) is 54.9 Å². The summed E-state index contributed by atoms with van der Waals surface area (Å²) >= 11 is 0. The zero-order valence-electron chi connectivity index (χ0n) is 22.7. The van der Waals surface area contributed by atoms with E-state index in [1.807, 2.05) is 48.5 Å². The number of hydrogen-bond donors (Lipinski definition) is 1. The molecule has 1 saturated heterocycles. The number of sulfonamides is 2. The number of ether oxygens (including phenoxy) is 1. The molecule has 0 spiro atoms. The third kappa shape index (κ3) is 5.96. The van der Waals surface area contributed by atoms with Crippen LogP contribution in [0.5, 0.6) is 5.75 Å². The van der Waals surface area contributed by atoms with Gasteiger partial charge in [0.25, 0.3) is 0 Å². The predicted molar refractivity (Wildman–Crippen MR) is 144 cm³/mol. The van der Waals surface area contributed by atoms with E-state index in [1.54, 1.807) is 43.5 Å². The number of benzene rings is 2. The lowest BCUT2D eigenvalue weighted by Gasteiger charge is -2.31. The van der Waals surface area contributed by atoms with E-state index >= 15 is 0 Å². The van der Waals surface area contributed by atoms with E-state index in [-0.39, 0.29) is 27.2 Å². The lowest BCUT2D eigenvalue weighted by molar-refractivity contribution is 0.377. The summed E-state index contributed by atoms with van der Waals surface area (Å²) in [6.07, 6.45) is 1.26. The third-order valence-corrected chi connectivity index (χ3v) is 10.0. The van der Waals surface area contributed by atoms with Gasteiger partial charge in [-0.3, -0.25) is 0 Å². The van der Waals surface area contributed by atoms with Crippen molar-refractivity contribution in [1.82, 2.24) is 9.03 Å². The average molecular weight is 537 g/mol. The average Bonchev–Trinajstić information content (AvgIpc) is 3.25. The Morgan fingerprint density at radius 2 is 1.44 bits per heavy atom. The Morgan fingerprint density at radius 1 is 0.917 bits per heavy atom. The number of nitrogens with one attached hydrogen (secondary N) is 1. The molecule has 1 atom stereocenters. The van der Waals surface area contributed by atoms with Gasteiger partial charge >= 0.3 is 0 Å². The molecule has 1 N–H and O–H groups in total. The quantitative estimate of drug-likeness (QED) is 0.552. The van der Waals surface area contributed by atoms with Crippen LogP contribution in [0.4, 0.5) is 0 Å². The van der Waals surface area contributed by atoms with E-state index in [2.05, 4.69) is 4.72 Å². The molecule has 200 valence electrons. The fraction of sp³-hybridized carbons (Fsp3) is 0.556. The molecule has 0 radical (unpaired) electrons. The van der Waals surface area contributed by atoms with Crippen molar-refractivity contribution >= 4 is 20.0 Å². The Hall–Kier alpha value is -1.94. The van der Waals surface area contributed by atoms with Crippen molar-refractivity contribution in [2.45, 2.75) is 88.0 Å². The van der Waals surface area contributed by atoms with Crippen LogP contribution in [0.1, 0.15) is 71.1 Å². The van der Waals surface area contributed by atoms with Crippen molar-refractivity contribution in [3.8, 4) is 5.75 Å². The van der Waals surface area contributed by atoms with Crippen molar-refractivity contribution in [2.24, 2.45) is 0 Å². The van der Waals surface area contributed by atoms with E-state index in [4.69, 9.17) is 4.74 Å². The van der Waals surface area contributed by atoms with Crippen molar-refractivity contribution in [1.29, 1.82) is 0 Å². The Balaban J connectivity index is 1.97. The Kier molecular flexibility index (Phi) is 8.02. The van der Waals surface area contributed by atoms with Crippen LogP contribution in [-0.4, -0.2) is 47.4 Å². The number of aryl methyl sites for hydroxylation is 1. The van der Waals surface area contributed by atoms with Crippen LogP contribution in [0.2, 0.25) is 0 Å². The highest BCUT2D eigenvalue weighted by Crippen LogP contribution is 2.42. The molecular weight excluding hydrogens is 496 g/mol. The molecule has 9 heteroatoms. The number of rotatable bonds is 7. The molecule has 1 fully saturated rings. The van der Waals surface area contributed by atoms with Crippen molar-refractivity contribution < 1.29 is 21.6 Å². The van der Waals surface area contributed by atoms with Gasteiger partial charge in [0.1, 0.15) is 5.75 Å². The Bertz CT molecular complexity index is 1270. The van der Waals surface area contributed by atoms with E-state index < -0.39 is 26.1 Å². The smallest absolute Gasteiger partial charge is 0.243 e. The van der Waals surface area contributed by atoms with Crippen LogP contribution in [0.3, 0.4) is 0 Å². The molecule has 0 aliphatic carbocycles. The Labute approximate surface area is 217 Å². The van der Waals surface area contributed by atoms with Crippen molar-refractivity contribution in [2.75, 3.05) is 20.2 Å². The van der Waals surface area contributed by atoms with Crippen LogP contribution >= 0.6 is 0 Å². The molecule has 0 unspecified atom stereocenters. The monoisotopic (exact) mass is 536 g/mol. The molecule has 0 saturated carbocycles. The molecule has 0 bridgehead atoms. The molecule has 0 aromatic heterocycles. The van der Waals surface area contributed by atoms with Crippen molar-refractivity contribution in [3.05, 3.63) is 53.1 Å². The van der Waals surface area contributed by atoms with E-state index in [0.717, 1.165) is 16.7 Å². The second-order valence-corrected chi connectivity index (χ2v) is 15.3. The van der Waals surface area contributed by atoms with Gasteiger partial charge in [0.2, 0.25) is 20.0 Å². The Morgan fingerprint density at radius 3 is 1.92 bits per heavy atom. The highest BCUT2D eigenvalue weighted by molar-refractivity contribution is 7.89. The van der Waals surface area contributed by atoms with Gasteiger partial charge in [-0.1, -0.05) is 59.2 Å². The van der Waals surface area contributed by atoms with Gasteiger partial charge in [0.15, 0.2) is 0 Å². The molecule has 2 aromatic carbocycles. The second-order valence-electron chi connectivity index (χ2n) is 11.6. The van der Waals surface area contributed by atoms with Crippen LogP contribution in [0.25, 0.3) is 0 Å². The first-order valence-corrected chi connectivity index (χ1v) is 15.2. The largest absolute Gasteiger partial charge is 0.496 e. The lowest BCUT2D eigenvalue weighted by atomic mass is 9.79. The SMILES string of the molecule is COc1c(C(C)(C)C)cc(S(=O)(=O)N2CCC[C@H]2CNS(=O)(=O)c2ccc(C)cc2)cc1C(C)(C)C. The minimum atomic E-state index is -3.87. The number of nitrogens with zero attached hydrogens (tertiary/aromatic N) is 1. The highest BCUT2D eigenvalue weighted by Gasteiger charge is 2.38. The van der Waals surface area contributed by atoms with Crippen LogP contribution < -0.4 is 9.46 Å². The normalized spacial score (nSPS) is 17.9. The fourth-order valence-corrected chi connectivity index (χ4v) is 7.38. The summed E-state index contributed by atoms with van der Waals surface area (Å²) in [5, 5.41) is 0. The van der Waals surface area contributed by atoms with E-state index in [9.17, 15) is 16.8 Å². The summed E-state index contributed by atoms with van der Waals surface area (Å²) in [4.78, 5) is 0.381. The molecule has 2 aromatic rings. The zero-order valence-corrected chi connectivity index (χ0v) is 24.3. The molecule has 3 rings (SSSR count). The maximum Gasteiger partial charge on any atom is 0.243 e. The topological polar surface area (TPSA) is 92.8 Å². The first-order chi connectivity index (χ1) is 16.5. The van der Waals surface area contributed by atoms with Crippen LogP contribution in [0.15, 0.2) is 46.2 Å². The van der Waals surface area contributed by atoms with Gasteiger partial charge in [-0.15, -0.1) is 0 Å².